The summed E-state index contributed by atoms with van der Waals surface area (Å²) in [5.41, 5.74) is 0. The lowest BCUT2D eigenvalue weighted by atomic mass is 10.0. The molecule has 0 spiro atoms. The fourth-order valence-electron chi connectivity index (χ4n) is 4.56. The zero-order valence-electron chi connectivity index (χ0n) is 28.1. The highest BCUT2D eigenvalue weighted by molar-refractivity contribution is 7.99. The second-order valence-corrected chi connectivity index (χ2v) is 12.8. The number of carbonyl (C=O) groups is 4. The van der Waals surface area contributed by atoms with Crippen LogP contribution in [0.2, 0.25) is 0 Å². The van der Waals surface area contributed by atoms with Gasteiger partial charge < -0.3 is 36.0 Å². The molecule has 0 saturated heterocycles. The van der Waals surface area contributed by atoms with Gasteiger partial charge in [0.15, 0.2) is 0 Å². The SMILES string of the molecule is CCCCCCCCCCCCCCCCOC(=O)NCCSC[C@@H](NC(C)=O)C(=O)N[C@@H](CO)C(=O)NCCCN(C)C. The molecule has 0 aromatic heterocycles. The van der Waals surface area contributed by atoms with Crippen LogP contribution in [0.5, 0.6) is 0 Å². The molecule has 2 atom stereocenters. The molecule has 4 amide bonds. The van der Waals surface area contributed by atoms with Gasteiger partial charge in [0.05, 0.1) is 13.2 Å². The van der Waals surface area contributed by atoms with Gasteiger partial charge in [0, 0.05) is 31.5 Å². The van der Waals surface area contributed by atoms with E-state index in [1.807, 2.05) is 19.0 Å². The van der Waals surface area contributed by atoms with Crippen LogP contribution in [-0.2, 0) is 19.1 Å². The van der Waals surface area contributed by atoms with Gasteiger partial charge in [0.1, 0.15) is 12.1 Å². The number of nitrogens with one attached hydrogen (secondary N) is 4. The lowest BCUT2D eigenvalue weighted by Gasteiger charge is -2.21. The molecule has 0 aromatic carbocycles. The highest BCUT2D eigenvalue weighted by Crippen LogP contribution is 2.13. The van der Waals surface area contributed by atoms with Gasteiger partial charge in [-0.05, 0) is 33.5 Å². The van der Waals surface area contributed by atoms with Crippen molar-refractivity contribution < 1.29 is 29.0 Å². The Hall–Kier alpha value is -2.05. The maximum absolute atomic E-state index is 12.7. The molecule has 0 aliphatic carbocycles. The number of amides is 4. The predicted molar refractivity (Wildman–Crippen MR) is 180 cm³/mol. The second kappa shape index (κ2) is 29.6. The summed E-state index contributed by atoms with van der Waals surface area (Å²) in [4.78, 5) is 50.6. The smallest absolute Gasteiger partial charge is 0.407 e. The largest absolute Gasteiger partial charge is 0.450 e. The lowest BCUT2D eigenvalue weighted by Crippen LogP contribution is -2.55. The Bertz CT molecular complexity index is 759. The van der Waals surface area contributed by atoms with Crippen LogP contribution in [-0.4, -0.2) is 104 Å². The molecule has 0 rings (SSSR count). The van der Waals surface area contributed by atoms with Gasteiger partial charge in [-0.2, -0.15) is 11.8 Å². The molecule has 0 unspecified atom stereocenters. The summed E-state index contributed by atoms with van der Waals surface area (Å²) >= 11 is 1.37. The molecule has 0 radical (unpaired) electrons. The lowest BCUT2D eigenvalue weighted by molar-refractivity contribution is -0.132. The molecule has 0 fully saturated rings. The number of hydrogen-bond acceptors (Lipinski definition) is 8. The standard InChI is InChI=1S/C32H63N5O6S/c1-5-6-7-8-9-10-11-12-13-14-15-16-17-18-23-43-32(42)34-21-24-44-26-29(35-27(2)39)31(41)36-28(25-38)30(40)33-20-19-22-37(3)4/h28-29,38H,5-26H2,1-4H3,(H,33,40)(H,34,42)(H,35,39)(H,36,41)/t28-,29+/m0/s1. The van der Waals surface area contributed by atoms with Gasteiger partial charge in [0.2, 0.25) is 17.7 Å². The Morgan fingerprint density at radius 3 is 1.82 bits per heavy atom. The number of nitrogens with zero attached hydrogens (tertiary/aromatic N) is 1. The first-order chi connectivity index (χ1) is 21.2. The zero-order valence-corrected chi connectivity index (χ0v) is 28.9. The topological polar surface area (TPSA) is 149 Å². The van der Waals surface area contributed by atoms with Crippen molar-refractivity contribution in [2.24, 2.45) is 0 Å². The third-order valence-corrected chi connectivity index (χ3v) is 8.18. The number of aliphatic hydroxyl groups excluding tert-OH is 1. The molecule has 258 valence electrons. The first-order valence-corrected chi connectivity index (χ1v) is 18.0. The van der Waals surface area contributed by atoms with Gasteiger partial charge in [0.25, 0.3) is 0 Å². The fraction of sp³-hybridized carbons (Fsp3) is 0.875. The van der Waals surface area contributed by atoms with Gasteiger partial charge in [-0.25, -0.2) is 4.79 Å². The van der Waals surface area contributed by atoms with E-state index in [9.17, 15) is 24.3 Å². The molecule has 11 nitrogen and oxygen atoms in total. The Labute approximate surface area is 271 Å². The first-order valence-electron chi connectivity index (χ1n) is 16.8. The van der Waals surface area contributed by atoms with Crippen molar-refractivity contribution in [3.05, 3.63) is 0 Å². The van der Waals surface area contributed by atoms with Crippen molar-refractivity contribution in [3.63, 3.8) is 0 Å². The van der Waals surface area contributed by atoms with E-state index in [1.54, 1.807) is 0 Å². The van der Waals surface area contributed by atoms with Gasteiger partial charge in [-0.15, -0.1) is 0 Å². The van der Waals surface area contributed by atoms with Crippen LogP contribution in [0.15, 0.2) is 0 Å². The maximum Gasteiger partial charge on any atom is 0.407 e. The quantitative estimate of drug-likeness (QED) is 0.0768. The number of aliphatic hydroxyl groups is 1. The molecule has 0 bridgehead atoms. The van der Waals surface area contributed by atoms with Crippen LogP contribution in [0.3, 0.4) is 0 Å². The normalized spacial score (nSPS) is 12.4. The Morgan fingerprint density at radius 2 is 1.30 bits per heavy atom. The molecular weight excluding hydrogens is 582 g/mol. The van der Waals surface area contributed by atoms with Gasteiger partial charge in [-0.1, -0.05) is 90.4 Å². The van der Waals surface area contributed by atoms with Crippen LogP contribution in [0.4, 0.5) is 4.79 Å². The zero-order chi connectivity index (χ0) is 32.8. The fourth-order valence-corrected chi connectivity index (χ4v) is 5.45. The molecule has 0 heterocycles. The van der Waals surface area contributed by atoms with E-state index < -0.39 is 36.6 Å². The van der Waals surface area contributed by atoms with Crippen molar-refractivity contribution in [3.8, 4) is 0 Å². The number of thioether (sulfide) groups is 1. The van der Waals surface area contributed by atoms with E-state index in [-0.39, 0.29) is 11.7 Å². The minimum absolute atomic E-state index is 0.240. The van der Waals surface area contributed by atoms with Crippen molar-refractivity contribution >= 4 is 35.6 Å². The van der Waals surface area contributed by atoms with Gasteiger partial charge in [-0.3, -0.25) is 14.4 Å². The van der Waals surface area contributed by atoms with Crippen molar-refractivity contribution in [1.82, 2.24) is 26.2 Å². The molecule has 0 aromatic rings. The third-order valence-electron chi connectivity index (χ3n) is 7.12. The Kier molecular flexibility index (Phi) is 28.3. The third kappa shape index (κ3) is 26.4. The van der Waals surface area contributed by atoms with Gasteiger partial charge >= 0.3 is 6.09 Å². The number of carbonyl (C=O) groups excluding carboxylic acids is 4. The highest BCUT2D eigenvalue weighted by atomic mass is 32.2. The number of ether oxygens (including phenoxy) is 1. The maximum atomic E-state index is 12.7. The Balaban J connectivity index is 3.97. The molecule has 5 N–H and O–H groups in total. The molecular formula is C32H63N5O6S. The average molecular weight is 646 g/mol. The summed E-state index contributed by atoms with van der Waals surface area (Å²) in [6.45, 7) is 4.97. The average Bonchev–Trinajstić information content (AvgIpc) is 2.98. The summed E-state index contributed by atoms with van der Waals surface area (Å²) in [7, 11) is 3.87. The van der Waals surface area contributed by atoms with Crippen LogP contribution in [0.1, 0.15) is 110 Å². The minimum atomic E-state index is -1.11. The van der Waals surface area contributed by atoms with E-state index in [0.29, 0.717) is 25.4 Å². The Morgan fingerprint density at radius 1 is 0.727 bits per heavy atom. The number of rotatable bonds is 29. The molecule has 44 heavy (non-hydrogen) atoms. The highest BCUT2D eigenvalue weighted by Gasteiger charge is 2.25. The second-order valence-electron chi connectivity index (χ2n) is 11.7. The summed E-state index contributed by atoms with van der Waals surface area (Å²) in [6, 6.07) is -2.00. The van der Waals surface area contributed by atoms with Crippen molar-refractivity contribution in [2.45, 2.75) is 122 Å². The molecule has 12 heteroatoms. The van der Waals surface area contributed by atoms with Crippen molar-refractivity contribution in [1.29, 1.82) is 0 Å². The number of alkyl carbamates (subject to hydrolysis) is 1. The van der Waals surface area contributed by atoms with Crippen molar-refractivity contribution in [2.75, 3.05) is 58.4 Å². The van der Waals surface area contributed by atoms with Crippen LogP contribution < -0.4 is 21.3 Å². The molecule has 0 aliphatic rings. The first kappa shape index (κ1) is 42.0. The summed E-state index contributed by atoms with van der Waals surface area (Å²) < 4.78 is 5.25. The number of unbranched alkanes of at least 4 members (excludes halogenated alkanes) is 13. The monoisotopic (exact) mass is 645 g/mol. The molecule has 0 aliphatic heterocycles. The molecule has 0 saturated carbocycles. The number of hydrogen-bond donors (Lipinski definition) is 5. The summed E-state index contributed by atoms with van der Waals surface area (Å²) in [5, 5.41) is 20.1. The van der Waals surface area contributed by atoms with Crippen LogP contribution in [0, 0.1) is 0 Å². The van der Waals surface area contributed by atoms with E-state index in [2.05, 4.69) is 28.2 Å². The predicted octanol–water partition coefficient (Wildman–Crippen LogP) is 3.98. The van der Waals surface area contributed by atoms with E-state index in [0.717, 1.165) is 25.8 Å². The van der Waals surface area contributed by atoms with Crippen LogP contribution in [0.25, 0.3) is 0 Å². The van der Waals surface area contributed by atoms with Crippen LogP contribution >= 0.6 is 11.8 Å². The minimum Gasteiger partial charge on any atom is -0.450 e. The van der Waals surface area contributed by atoms with E-state index in [4.69, 9.17) is 4.74 Å². The summed E-state index contributed by atoms with van der Waals surface area (Å²) in [6.07, 6.45) is 18.1. The summed E-state index contributed by atoms with van der Waals surface area (Å²) in [5.74, 6) is -0.678. The van der Waals surface area contributed by atoms with E-state index >= 15 is 0 Å². The van der Waals surface area contributed by atoms with E-state index in [1.165, 1.54) is 95.7 Å².